The second-order valence-electron chi connectivity index (χ2n) is 4.85. The highest BCUT2D eigenvalue weighted by atomic mass is 16.5. The molecule has 2 rings (SSSR count). The Morgan fingerprint density at radius 3 is 3.00 bits per heavy atom. The molecule has 0 spiro atoms. The quantitative estimate of drug-likeness (QED) is 0.891. The van der Waals surface area contributed by atoms with Crippen LogP contribution in [0.25, 0.3) is 0 Å². The summed E-state index contributed by atoms with van der Waals surface area (Å²) in [6.07, 6.45) is 0.0678. The van der Waals surface area contributed by atoms with E-state index < -0.39 is 5.97 Å². The van der Waals surface area contributed by atoms with Gasteiger partial charge in [0.2, 0.25) is 0 Å². The van der Waals surface area contributed by atoms with E-state index >= 15 is 0 Å². The first-order valence-electron chi connectivity index (χ1n) is 6.33. The molecule has 1 heterocycles. The van der Waals surface area contributed by atoms with Gasteiger partial charge in [-0.05, 0) is 37.7 Å². The first-order chi connectivity index (χ1) is 9.06. The third-order valence-corrected chi connectivity index (χ3v) is 3.21. The van der Waals surface area contributed by atoms with Gasteiger partial charge >= 0.3 is 5.97 Å². The first-order valence-corrected chi connectivity index (χ1v) is 6.33. The van der Waals surface area contributed by atoms with E-state index in [0.717, 1.165) is 19.7 Å². The van der Waals surface area contributed by atoms with Gasteiger partial charge < -0.3 is 19.5 Å². The van der Waals surface area contributed by atoms with Gasteiger partial charge in [0, 0.05) is 13.1 Å². The Bertz CT molecular complexity index is 461. The summed E-state index contributed by atoms with van der Waals surface area (Å²) >= 11 is 0. The van der Waals surface area contributed by atoms with Crippen LogP contribution in [-0.4, -0.2) is 55.4 Å². The maximum absolute atomic E-state index is 10.9. The van der Waals surface area contributed by atoms with Crippen LogP contribution in [0, 0.1) is 6.92 Å². The molecule has 1 unspecified atom stereocenters. The summed E-state index contributed by atoms with van der Waals surface area (Å²) in [7, 11) is 2.06. The molecule has 1 saturated heterocycles. The second-order valence-corrected chi connectivity index (χ2v) is 4.85. The molecule has 1 aromatic carbocycles. The minimum absolute atomic E-state index is 0.0678. The highest BCUT2D eigenvalue weighted by molar-refractivity contribution is 5.89. The maximum Gasteiger partial charge on any atom is 0.335 e. The maximum atomic E-state index is 10.9. The number of aromatic carboxylic acids is 1. The minimum Gasteiger partial charge on any atom is -0.491 e. The summed E-state index contributed by atoms with van der Waals surface area (Å²) in [5.74, 6) is -0.236. The van der Waals surface area contributed by atoms with Crippen molar-refractivity contribution in [1.29, 1.82) is 0 Å². The van der Waals surface area contributed by atoms with Crippen LogP contribution in [0.5, 0.6) is 5.75 Å². The van der Waals surface area contributed by atoms with Gasteiger partial charge in [-0.25, -0.2) is 4.79 Å². The fourth-order valence-corrected chi connectivity index (χ4v) is 2.12. The molecule has 1 N–H and O–H groups in total. The average Bonchev–Trinajstić information content (AvgIpc) is 2.36. The third kappa shape index (κ3) is 3.68. The fraction of sp³-hybridized carbons (Fsp3) is 0.500. The Labute approximate surface area is 112 Å². The van der Waals surface area contributed by atoms with E-state index in [4.69, 9.17) is 14.6 Å². The molecule has 0 aromatic heterocycles. The van der Waals surface area contributed by atoms with Crippen molar-refractivity contribution >= 4 is 5.97 Å². The Hall–Kier alpha value is -1.59. The molecule has 0 amide bonds. The number of carbonyl (C=O) groups is 1. The molecule has 0 radical (unpaired) electrons. The Kier molecular flexibility index (Phi) is 4.39. The van der Waals surface area contributed by atoms with Crippen molar-refractivity contribution in [2.24, 2.45) is 0 Å². The lowest BCUT2D eigenvalue weighted by atomic mass is 10.1. The lowest BCUT2D eigenvalue weighted by Crippen LogP contribution is -2.42. The lowest BCUT2D eigenvalue weighted by molar-refractivity contribution is -0.0403. The fourth-order valence-electron chi connectivity index (χ4n) is 2.12. The van der Waals surface area contributed by atoms with Crippen LogP contribution in [0.3, 0.4) is 0 Å². The number of benzene rings is 1. The van der Waals surface area contributed by atoms with Crippen molar-refractivity contribution in [2.45, 2.75) is 13.0 Å². The molecular weight excluding hydrogens is 246 g/mol. The van der Waals surface area contributed by atoms with Crippen molar-refractivity contribution in [3.63, 3.8) is 0 Å². The van der Waals surface area contributed by atoms with E-state index in [1.807, 2.05) is 0 Å². The summed E-state index contributed by atoms with van der Waals surface area (Å²) in [6, 6.07) is 5.00. The van der Waals surface area contributed by atoms with Crippen LogP contribution in [-0.2, 0) is 4.74 Å². The molecule has 0 bridgehead atoms. The number of morpholine rings is 1. The van der Waals surface area contributed by atoms with Gasteiger partial charge in [-0.1, -0.05) is 0 Å². The van der Waals surface area contributed by atoms with Gasteiger partial charge in [0.25, 0.3) is 0 Å². The molecule has 104 valence electrons. The molecule has 0 aliphatic carbocycles. The number of aryl methyl sites for hydroxylation is 1. The van der Waals surface area contributed by atoms with E-state index in [9.17, 15) is 4.79 Å². The van der Waals surface area contributed by atoms with Crippen LogP contribution >= 0.6 is 0 Å². The van der Waals surface area contributed by atoms with Crippen LogP contribution in [0.1, 0.15) is 15.9 Å². The molecule has 1 aromatic rings. The number of hydrogen-bond acceptors (Lipinski definition) is 4. The van der Waals surface area contributed by atoms with E-state index in [2.05, 4.69) is 11.9 Å². The molecule has 1 atom stereocenters. The second kappa shape index (κ2) is 6.04. The predicted octanol–water partition coefficient (Wildman–Crippen LogP) is 1.40. The molecule has 1 fully saturated rings. The van der Waals surface area contributed by atoms with Crippen LogP contribution in [0.4, 0.5) is 0 Å². The number of carboxylic acid groups (broad SMARTS) is 1. The first kappa shape index (κ1) is 13.8. The van der Waals surface area contributed by atoms with E-state index in [0.29, 0.717) is 23.5 Å². The SMILES string of the molecule is Cc1cc(OCC2CN(C)CCO2)ccc1C(=O)O. The zero-order valence-electron chi connectivity index (χ0n) is 11.3. The van der Waals surface area contributed by atoms with Crippen LogP contribution < -0.4 is 4.74 Å². The van der Waals surface area contributed by atoms with Gasteiger partial charge in [-0.2, -0.15) is 0 Å². The Morgan fingerprint density at radius 1 is 1.58 bits per heavy atom. The monoisotopic (exact) mass is 265 g/mol. The number of rotatable bonds is 4. The lowest BCUT2D eigenvalue weighted by Gasteiger charge is -2.29. The molecular formula is C14H19NO4. The minimum atomic E-state index is -0.915. The van der Waals surface area contributed by atoms with E-state index in [-0.39, 0.29) is 6.10 Å². The van der Waals surface area contributed by atoms with E-state index in [1.54, 1.807) is 25.1 Å². The van der Waals surface area contributed by atoms with Crippen molar-refractivity contribution in [2.75, 3.05) is 33.4 Å². The number of nitrogens with zero attached hydrogens (tertiary/aromatic N) is 1. The number of ether oxygens (including phenoxy) is 2. The molecule has 19 heavy (non-hydrogen) atoms. The molecule has 1 aliphatic rings. The largest absolute Gasteiger partial charge is 0.491 e. The van der Waals surface area contributed by atoms with Gasteiger partial charge in [0.05, 0.1) is 12.2 Å². The van der Waals surface area contributed by atoms with Crippen LogP contribution in [0.2, 0.25) is 0 Å². The Morgan fingerprint density at radius 2 is 2.37 bits per heavy atom. The zero-order chi connectivity index (χ0) is 13.8. The number of carboxylic acids is 1. The summed E-state index contributed by atoms with van der Waals surface area (Å²) in [5, 5.41) is 8.95. The summed E-state index contributed by atoms with van der Waals surface area (Å²) in [5.41, 5.74) is 1.01. The zero-order valence-corrected chi connectivity index (χ0v) is 11.3. The van der Waals surface area contributed by atoms with Gasteiger partial charge in [0.15, 0.2) is 0 Å². The predicted molar refractivity (Wildman–Crippen MR) is 70.9 cm³/mol. The van der Waals surface area contributed by atoms with Crippen molar-refractivity contribution < 1.29 is 19.4 Å². The summed E-state index contributed by atoms with van der Waals surface area (Å²) in [4.78, 5) is 13.1. The highest BCUT2D eigenvalue weighted by Gasteiger charge is 2.18. The topological polar surface area (TPSA) is 59.0 Å². The molecule has 0 saturated carbocycles. The average molecular weight is 265 g/mol. The van der Waals surface area contributed by atoms with Gasteiger partial charge in [-0.15, -0.1) is 0 Å². The smallest absolute Gasteiger partial charge is 0.335 e. The third-order valence-electron chi connectivity index (χ3n) is 3.21. The van der Waals surface area contributed by atoms with E-state index in [1.165, 1.54) is 0 Å². The highest BCUT2D eigenvalue weighted by Crippen LogP contribution is 2.18. The number of hydrogen-bond donors (Lipinski definition) is 1. The van der Waals surface area contributed by atoms with Gasteiger partial charge in [-0.3, -0.25) is 0 Å². The van der Waals surface area contributed by atoms with Crippen molar-refractivity contribution in [3.05, 3.63) is 29.3 Å². The van der Waals surface area contributed by atoms with Crippen molar-refractivity contribution in [3.8, 4) is 5.75 Å². The normalized spacial score (nSPS) is 20.2. The summed E-state index contributed by atoms with van der Waals surface area (Å²) < 4.78 is 11.3. The van der Waals surface area contributed by atoms with Crippen LogP contribution in [0.15, 0.2) is 18.2 Å². The Balaban J connectivity index is 1.92. The van der Waals surface area contributed by atoms with Crippen molar-refractivity contribution in [1.82, 2.24) is 4.90 Å². The molecule has 5 heteroatoms. The summed E-state index contributed by atoms with van der Waals surface area (Å²) in [6.45, 7) is 4.77. The van der Waals surface area contributed by atoms with Gasteiger partial charge in [0.1, 0.15) is 18.5 Å². The molecule has 5 nitrogen and oxygen atoms in total. The standard InChI is InChI=1S/C14H19NO4/c1-10-7-11(3-4-13(10)14(16)17)19-9-12-8-15(2)5-6-18-12/h3-4,7,12H,5-6,8-9H2,1-2H3,(H,16,17). The number of likely N-dealkylation sites (N-methyl/N-ethyl adjacent to an activating group) is 1. The molecule has 1 aliphatic heterocycles.